The lowest BCUT2D eigenvalue weighted by atomic mass is 10.1. The number of para-hydroxylation sites is 2. The van der Waals surface area contributed by atoms with Gasteiger partial charge < -0.3 is 9.47 Å². The van der Waals surface area contributed by atoms with E-state index in [0.29, 0.717) is 5.56 Å². The van der Waals surface area contributed by atoms with E-state index in [1.165, 1.54) is 30.3 Å². The third-order valence-electron chi connectivity index (χ3n) is 4.34. The number of unbranched alkanes of at least 4 members (excludes halogenated alkanes) is 1. The number of rotatable bonds is 7. The summed E-state index contributed by atoms with van der Waals surface area (Å²) in [4.78, 5) is 24.8. The maximum Gasteiger partial charge on any atom is 0.343 e. The molecule has 3 aromatic carbocycles. The van der Waals surface area contributed by atoms with Gasteiger partial charge in [-0.3, -0.25) is 0 Å². The van der Waals surface area contributed by atoms with Gasteiger partial charge in [0.15, 0.2) is 11.5 Å². The third-order valence-corrected chi connectivity index (χ3v) is 4.34. The Morgan fingerprint density at radius 2 is 1.24 bits per heavy atom. The summed E-state index contributed by atoms with van der Waals surface area (Å²) in [7, 11) is 0. The lowest BCUT2D eigenvalue weighted by Crippen LogP contribution is -2.12. The highest BCUT2D eigenvalue weighted by Crippen LogP contribution is 2.28. The van der Waals surface area contributed by atoms with Crippen LogP contribution in [-0.2, 0) is 6.42 Å². The zero-order valence-electron chi connectivity index (χ0n) is 16.1. The van der Waals surface area contributed by atoms with Gasteiger partial charge in [-0.25, -0.2) is 14.0 Å². The number of halogens is 1. The first-order chi connectivity index (χ1) is 14.1. The first-order valence-corrected chi connectivity index (χ1v) is 9.44. The number of ether oxygens (including phenoxy) is 2. The van der Waals surface area contributed by atoms with E-state index in [4.69, 9.17) is 9.47 Å². The maximum atomic E-state index is 13.0. The lowest BCUT2D eigenvalue weighted by molar-refractivity contribution is 0.0682. The highest BCUT2D eigenvalue weighted by atomic mass is 19.1. The Hall–Kier alpha value is -3.47. The lowest BCUT2D eigenvalue weighted by Gasteiger charge is -2.11. The second-order valence-corrected chi connectivity index (χ2v) is 6.53. The summed E-state index contributed by atoms with van der Waals surface area (Å²) in [5, 5.41) is 0. The van der Waals surface area contributed by atoms with E-state index in [-0.39, 0.29) is 17.1 Å². The molecule has 0 aliphatic rings. The highest BCUT2D eigenvalue weighted by Gasteiger charge is 2.16. The molecular formula is C24H21FO4. The molecule has 3 rings (SSSR count). The van der Waals surface area contributed by atoms with Gasteiger partial charge in [0.25, 0.3) is 0 Å². The normalized spacial score (nSPS) is 10.4. The molecule has 0 bridgehead atoms. The number of carbonyl (C=O) groups is 2. The fourth-order valence-electron chi connectivity index (χ4n) is 2.71. The van der Waals surface area contributed by atoms with E-state index in [0.717, 1.165) is 24.8 Å². The number of benzene rings is 3. The van der Waals surface area contributed by atoms with Crippen molar-refractivity contribution in [2.45, 2.75) is 26.2 Å². The van der Waals surface area contributed by atoms with Crippen LogP contribution in [0.3, 0.4) is 0 Å². The quantitative estimate of drug-likeness (QED) is 0.388. The number of carbonyl (C=O) groups excluding carboxylic acids is 2. The van der Waals surface area contributed by atoms with E-state index in [9.17, 15) is 14.0 Å². The summed E-state index contributed by atoms with van der Waals surface area (Å²) in [6, 6.07) is 18.7. The van der Waals surface area contributed by atoms with Gasteiger partial charge in [0.05, 0.1) is 11.1 Å². The molecule has 29 heavy (non-hydrogen) atoms. The van der Waals surface area contributed by atoms with Gasteiger partial charge in [0, 0.05) is 0 Å². The molecule has 0 atom stereocenters. The zero-order valence-corrected chi connectivity index (χ0v) is 16.1. The van der Waals surface area contributed by atoms with Gasteiger partial charge in [-0.2, -0.15) is 0 Å². The van der Waals surface area contributed by atoms with Crippen LogP contribution >= 0.6 is 0 Å². The third kappa shape index (κ3) is 5.51. The van der Waals surface area contributed by atoms with Crippen molar-refractivity contribution in [2.24, 2.45) is 0 Å². The van der Waals surface area contributed by atoms with Crippen LogP contribution in [0, 0.1) is 5.82 Å². The van der Waals surface area contributed by atoms with Gasteiger partial charge in [0.2, 0.25) is 0 Å². The van der Waals surface area contributed by atoms with Crippen LogP contribution in [0.2, 0.25) is 0 Å². The Morgan fingerprint density at radius 1 is 0.759 bits per heavy atom. The highest BCUT2D eigenvalue weighted by molar-refractivity contribution is 5.93. The van der Waals surface area contributed by atoms with Crippen molar-refractivity contribution < 1.29 is 23.5 Å². The second kappa shape index (κ2) is 9.64. The average molecular weight is 392 g/mol. The van der Waals surface area contributed by atoms with Crippen LogP contribution in [-0.4, -0.2) is 11.9 Å². The Kier molecular flexibility index (Phi) is 6.74. The molecular weight excluding hydrogens is 371 g/mol. The number of hydrogen-bond acceptors (Lipinski definition) is 4. The van der Waals surface area contributed by atoms with Gasteiger partial charge in [-0.05, 0) is 66.9 Å². The van der Waals surface area contributed by atoms with Crippen molar-refractivity contribution in [1.29, 1.82) is 0 Å². The molecule has 0 heterocycles. The molecule has 0 N–H and O–H groups in total. The van der Waals surface area contributed by atoms with E-state index >= 15 is 0 Å². The van der Waals surface area contributed by atoms with E-state index in [1.54, 1.807) is 30.3 Å². The van der Waals surface area contributed by atoms with E-state index in [2.05, 4.69) is 6.92 Å². The minimum absolute atomic E-state index is 0.106. The first kappa shape index (κ1) is 20.3. The van der Waals surface area contributed by atoms with Crippen LogP contribution in [0.4, 0.5) is 4.39 Å². The van der Waals surface area contributed by atoms with Crippen molar-refractivity contribution in [2.75, 3.05) is 0 Å². The number of aryl methyl sites for hydroxylation is 1. The Balaban J connectivity index is 1.70. The minimum Gasteiger partial charge on any atom is -0.419 e. The molecule has 4 nitrogen and oxygen atoms in total. The molecule has 0 unspecified atom stereocenters. The summed E-state index contributed by atoms with van der Waals surface area (Å²) >= 11 is 0. The van der Waals surface area contributed by atoms with Crippen LogP contribution in [0.5, 0.6) is 11.5 Å². The van der Waals surface area contributed by atoms with Crippen molar-refractivity contribution in [3.63, 3.8) is 0 Å². The first-order valence-electron chi connectivity index (χ1n) is 9.44. The monoisotopic (exact) mass is 392 g/mol. The van der Waals surface area contributed by atoms with E-state index in [1.807, 2.05) is 12.1 Å². The molecule has 0 saturated carbocycles. The van der Waals surface area contributed by atoms with Crippen molar-refractivity contribution >= 4 is 11.9 Å². The standard InChI is InChI=1S/C24H21FO4/c1-2-3-6-17-9-11-18(12-10-17)23(26)28-21-7-4-5-8-22(21)29-24(27)19-13-15-20(25)16-14-19/h4-5,7-16H,2-3,6H2,1H3. The molecule has 0 radical (unpaired) electrons. The van der Waals surface area contributed by atoms with Crippen LogP contribution in [0.25, 0.3) is 0 Å². The van der Waals surface area contributed by atoms with Crippen LogP contribution in [0.1, 0.15) is 46.0 Å². The Bertz CT molecular complexity index is 979. The van der Waals surface area contributed by atoms with Crippen LogP contribution in [0.15, 0.2) is 72.8 Å². The van der Waals surface area contributed by atoms with Crippen LogP contribution < -0.4 is 9.47 Å². The fraction of sp³-hybridized carbons (Fsp3) is 0.167. The topological polar surface area (TPSA) is 52.6 Å². The number of esters is 2. The van der Waals surface area contributed by atoms with Gasteiger partial charge in [0.1, 0.15) is 5.82 Å². The predicted octanol–water partition coefficient (Wildman–Crippen LogP) is 5.61. The Morgan fingerprint density at radius 3 is 1.72 bits per heavy atom. The molecule has 5 heteroatoms. The zero-order chi connectivity index (χ0) is 20.6. The molecule has 0 aliphatic heterocycles. The molecule has 148 valence electrons. The predicted molar refractivity (Wildman–Crippen MR) is 108 cm³/mol. The van der Waals surface area contributed by atoms with Gasteiger partial charge in [-0.15, -0.1) is 0 Å². The molecule has 0 fully saturated rings. The summed E-state index contributed by atoms with van der Waals surface area (Å²) in [6.45, 7) is 2.13. The fourth-order valence-corrected chi connectivity index (χ4v) is 2.71. The van der Waals surface area contributed by atoms with E-state index < -0.39 is 17.8 Å². The minimum atomic E-state index is -0.672. The van der Waals surface area contributed by atoms with Crippen molar-refractivity contribution in [1.82, 2.24) is 0 Å². The molecule has 0 aliphatic carbocycles. The van der Waals surface area contributed by atoms with Crippen molar-refractivity contribution in [3.8, 4) is 11.5 Å². The molecule has 3 aromatic rings. The summed E-state index contributed by atoms with van der Waals surface area (Å²) in [5.74, 6) is -1.43. The van der Waals surface area contributed by atoms with Crippen molar-refractivity contribution in [3.05, 3.63) is 95.3 Å². The molecule has 0 aromatic heterocycles. The summed E-state index contributed by atoms with van der Waals surface area (Å²) < 4.78 is 23.8. The molecule has 0 spiro atoms. The summed E-state index contributed by atoms with van der Waals surface area (Å²) in [5.41, 5.74) is 1.76. The molecule has 0 amide bonds. The molecule has 0 saturated heterocycles. The maximum absolute atomic E-state index is 13.0. The number of hydrogen-bond donors (Lipinski definition) is 0. The second-order valence-electron chi connectivity index (χ2n) is 6.53. The average Bonchev–Trinajstić information content (AvgIpc) is 2.74. The largest absolute Gasteiger partial charge is 0.419 e. The Labute approximate surface area is 168 Å². The summed E-state index contributed by atoms with van der Waals surface area (Å²) in [6.07, 6.45) is 3.17. The smallest absolute Gasteiger partial charge is 0.343 e. The SMILES string of the molecule is CCCCc1ccc(C(=O)Oc2ccccc2OC(=O)c2ccc(F)cc2)cc1. The van der Waals surface area contributed by atoms with Gasteiger partial charge in [-0.1, -0.05) is 37.6 Å². The van der Waals surface area contributed by atoms with Gasteiger partial charge >= 0.3 is 11.9 Å².